The summed E-state index contributed by atoms with van der Waals surface area (Å²) in [6.07, 6.45) is 1.55. The van der Waals surface area contributed by atoms with Crippen LogP contribution in [0.5, 0.6) is 11.5 Å². The highest BCUT2D eigenvalue weighted by Gasteiger charge is 2.26. The Morgan fingerprint density at radius 1 is 0.970 bits per heavy atom. The second kappa shape index (κ2) is 9.51. The first kappa shape index (κ1) is 22.6. The molecule has 1 aliphatic heterocycles. The van der Waals surface area contributed by atoms with Crippen LogP contribution in [0.2, 0.25) is 0 Å². The number of benzene rings is 3. The lowest BCUT2D eigenvalue weighted by Gasteiger charge is -2.13. The van der Waals surface area contributed by atoms with Gasteiger partial charge in [0.15, 0.2) is 16.7 Å². The first-order chi connectivity index (χ1) is 15.9. The van der Waals surface area contributed by atoms with Crippen LogP contribution in [0.1, 0.15) is 11.1 Å². The van der Waals surface area contributed by atoms with Gasteiger partial charge in [0, 0.05) is 5.56 Å². The van der Waals surface area contributed by atoms with Gasteiger partial charge in [0.25, 0.3) is 5.91 Å². The molecule has 0 radical (unpaired) electrons. The molecular formula is C24H20N2O5S2. The van der Waals surface area contributed by atoms with E-state index in [0.717, 1.165) is 17.3 Å². The molecule has 0 spiro atoms. The van der Waals surface area contributed by atoms with Crippen LogP contribution in [0.25, 0.3) is 6.08 Å². The number of methoxy groups -OCH3 is 1. The Morgan fingerprint density at radius 2 is 1.70 bits per heavy atom. The predicted molar refractivity (Wildman–Crippen MR) is 129 cm³/mol. The Morgan fingerprint density at radius 3 is 2.39 bits per heavy atom. The molecule has 1 aliphatic rings. The van der Waals surface area contributed by atoms with Crippen molar-refractivity contribution in [2.75, 3.05) is 7.11 Å². The molecular weight excluding hydrogens is 460 g/mol. The van der Waals surface area contributed by atoms with Gasteiger partial charge in [-0.2, -0.15) is 8.42 Å². The third-order valence-corrected chi connectivity index (χ3v) is 6.80. The molecule has 33 heavy (non-hydrogen) atoms. The van der Waals surface area contributed by atoms with Gasteiger partial charge in [-0.1, -0.05) is 48.0 Å². The van der Waals surface area contributed by atoms with E-state index in [1.165, 1.54) is 19.2 Å². The zero-order chi connectivity index (χ0) is 23.4. The average Bonchev–Trinajstić information content (AvgIpc) is 3.15. The lowest BCUT2D eigenvalue weighted by Crippen LogP contribution is -2.19. The third kappa shape index (κ3) is 5.27. The average molecular weight is 481 g/mol. The number of nitrogens with zero attached hydrogens (tertiary/aromatic N) is 1. The lowest BCUT2D eigenvalue weighted by atomic mass is 10.1. The number of nitrogens with one attached hydrogen (secondary N) is 1. The monoisotopic (exact) mass is 480 g/mol. The molecule has 0 atom stereocenters. The second-order valence-electron chi connectivity index (χ2n) is 7.05. The number of hydrogen-bond acceptors (Lipinski definition) is 7. The summed E-state index contributed by atoms with van der Waals surface area (Å²) in [5.74, 6) is -0.125. The van der Waals surface area contributed by atoms with E-state index < -0.39 is 10.1 Å². The van der Waals surface area contributed by atoms with E-state index in [4.69, 9.17) is 8.92 Å². The number of hydrogen-bond donors (Lipinski definition) is 1. The van der Waals surface area contributed by atoms with Crippen molar-refractivity contribution in [1.82, 2.24) is 5.32 Å². The van der Waals surface area contributed by atoms with Crippen LogP contribution >= 0.6 is 11.8 Å². The Hall–Kier alpha value is -3.56. The molecule has 7 nitrogen and oxygen atoms in total. The SMILES string of the molecule is COc1cccc(/C=C2\SC(=Nc3ccc(C)cc3)NC2=O)c1OS(=O)(=O)c1ccccc1. The molecule has 1 N–H and O–H groups in total. The molecule has 4 rings (SSSR count). The van der Waals surface area contributed by atoms with Gasteiger partial charge in [0.05, 0.1) is 17.7 Å². The fourth-order valence-corrected chi connectivity index (χ4v) is 4.82. The van der Waals surface area contributed by atoms with Crippen LogP contribution in [0.3, 0.4) is 0 Å². The number of aryl methyl sites for hydroxylation is 1. The number of ether oxygens (including phenoxy) is 1. The lowest BCUT2D eigenvalue weighted by molar-refractivity contribution is -0.115. The summed E-state index contributed by atoms with van der Waals surface area (Å²) < 4.78 is 36.4. The van der Waals surface area contributed by atoms with Crippen molar-refractivity contribution in [3.8, 4) is 11.5 Å². The Balaban J connectivity index is 1.67. The molecule has 3 aromatic rings. The van der Waals surface area contributed by atoms with Crippen molar-refractivity contribution < 1.29 is 22.1 Å². The fraction of sp³-hybridized carbons (Fsp3) is 0.0833. The van der Waals surface area contributed by atoms with E-state index in [1.807, 2.05) is 31.2 Å². The molecule has 0 aliphatic carbocycles. The smallest absolute Gasteiger partial charge is 0.339 e. The Kier molecular flexibility index (Phi) is 6.52. The quantitative estimate of drug-likeness (QED) is 0.407. The highest BCUT2D eigenvalue weighted by atomic mass is 32.2. The number of rotatable bonds is 6. The molecule has 1 fully saturated rings. The van der Waals surface area contributed by atoms with Crippen molar-refractivity contribution in [3.05, 3.63) is 88.8 Å². The van der Waals surface area contributed by atoms with Gasteiger partial charge in [-0.25, -0.2) is 4.99 Å². The molecule has 1 amide bonds. The van der Waals surface area contributed by atoms with Crippen molar-refractivity contribution in [3.63, 3.8) is 0 Å². The van der Waals surface area contributed by atoms with Crippen LogP contribution in [0, 0.1) is 6.92 Å². The number of amides is 1. The summed E-state index contributed by atoms with van der Waals surface area (Å²) in [7, 11) is -2.70. The number of carbonyl (C=O) groups is 1. The van der Waals surface area contributed by atoms with Crippen LogP contribution < -0.4 is 14.2 Å². The summed E-state index contributed by atoms with van der Waals surface area (Å²) >= 11 is 1.15. The second-order valence-corrected chi connectivity index (χ2v) is 9.62. The van der Waals surface area contributed by atoms with Gasteiger partial charge in [-0.05, 0) is 55.1 Å². The first-order valence-electron chi connectivity index (χ1n) is 9.88. The van der Waals surface area contributed by atoms with Crippen LogP contribution in [-0.2, 0) is 14.9 Å². The van der Waals surface area contributed by atoms with Gasteiger partial charge in [0.2, 0.25) is 0 Å². The highest BCUT2D eigenvalue weighted by Crippen LogP contribution is 2.37. The predicted octanol–water partition coefficient (Wildman–Crippen LogP) is 4.66. The molecule has 0 unspecified atom stereocenters. The molecule has 1 saturated heterocycles. The van der Waals surface area contributed by atoms with Crippen molar-refractivity contribution >= 4 is 44.7 Å². The first-order valence-corrected chi connectivity index (χ1v) is 12.1. The number of para-hydroxylation sites is 1. The minimum atomic E-state index is -4.11. The van der Waals surface area contributed by atoms with E-state index in [1.54, 1.807) is 42.5 Å². The van der Waals surface area contributed by atoms with Crippen LogP contribution in [0.15, 0.2) is 87.6 Å². The van der Waals surface area contributed by atoms with E-state index in [2.05, 4.69) is 10.3 Å². The minimum Gasteiger partial charge on any atom is -0.493 e. The maximum absolute atomic E-state index is 12.8. The molecule has 0 saturated carbocycles. The van der Waals surface area contributed by atoms with Gasteiger partial charge >= 0.3 is 10.1 Å². The number of aliphatic imine (C=N–C) groups is 1. The van der Waals surface area contributed by atoms with Crippen LogP contribution in [-0.4, -0.2) is 26.6 Å². The molecule has 3 aromatic carbocycles. The summed E-state index contributed by atoms with van der Waals surface area (Å²) in [6.45, 7) is 1.98. The summed E-state index contributed by atoms with van der Waals surface area (Å²) in [4.78, 5) is 17.3. The van der Waals surface area contributed by atoms with Gasteiger partial charge in [0.1, 0.15) is 4.90 Å². The van der Waals surface area contributed by atoms with Gasteiger partial charge < -0.3 is 14.2 Å². The number of amidine groups is 1. The van der Waals surface area contributed by atoms with Crippen molar-refractivity contribution in [1.29, 1.82) is 0 Å². The minimum absolute atomic E-state index is 0.00586. The number of thioether (sulfide) groups is 1. The zero-order valence-corrected chi connectivity index (χ0v) is 19.4. The van der Waals surface area contributed by atoms with Crippen LogP contribution in [0.4, 0.5) is 5.69 Å². The Bertz CT molecular complexity index is 1350. The molecule has 0 bridgehead atoms. The standard InChI is InChI=1S/C24H20N2O5S2/c1-16-11-13-18(14-12-16)25-24-26-23(27)21(32-24)15-17-7-6-10-20(30-2)22(17)31-33(28,29)19-8-4-3-5-9-19/h3-15H,1-2H3,(H,25,26,27)/b21-15-. The van der Waals surface area contributed by atoms with E-state index >= 15 is 0 Å². The normalized spacial score (nSPS) is 16.1. The Labute approximate surface area is 196 Å². The highest BCUT2D eigenvalue weighted by molar-refractivity contribution is 8.18. The number of carbonyl (C=O) groups excluding carboxylic acids is 1. The largest absolute Gasteiger partial charge is 0.493 e. The molecule has 168 valence electrons. The summed E-state index contributed by atoms with van der Waals surface area (Å²) in [6, 6.07) is 20.3. The van der Waals surface area contributed by atoms with Gasteiger partial charge in [-0.3, -0.25) is 4.79 Å². The zero-order valence-electron chi connectivity index (χ0n) is 17.8. The third-order valence-electron chi connectivity index (χ3n) is 4.66. The summed E-state index contributed by atoms with van der Waals surface area (Å²) in [5.41, 5.74) is 2.20. The molecule has 1 heterocycles. The van der Waals surface area contributed by atoms with E-state index in [-0.39, 0.29) is 22.3 Å². The molecule has 9 heteroatoms. The maximum Gasteiger partial charge on any atom is 0.339 e. The fourth-order valence-electron chi connectivity index (χ4n) is 3.00. The summed E-state index contributed by atoms with van der Waals surface area (Å²) in [5, 5.41) is 3.15. The van der Waals surface area contributed by atoms with Gasteiger partial charge in [-0.15, -0.1) is 0 Å². The van der Waals surface area contributed by atoms with Crippen molar-refractivity contribution in [2.45, 2.75) is 11.8 Å². The topological polar surface area (TPSA) is 94.1 Å². The molecule has 0 aromatic heterocycles. The van der Waals surface area contributed by atoms with E-state index in [9.17, 15) is 13.2 Å². The van der Waals surface area contributed by atoms with Crippen molar-refractivity contribution in [2.24, 2.45) is 4.99 Å². The maximum atomic E-state index is 12.8. The van der Waals surface area contributed by atoms with E-state index in [0.29, 0.717) is 21.3 Å².